The molecule has 0 spiro atoms. The van der Waals surface area contributed by atoms with Crippen LogP contribution >= 0.6 is 11.3 Å². The van der Waals surface area contributed by atoms with Crippen LogP contribution in [0.4, 0.5) is 0 Å². The van der Waals surface area contributed by atoms with Crippen LogP contribution in [0, 0.1) is 0 Å². The molecule has 88 valence electrons. The Balaban J connectivity index is 2.34. The maximum atomic E-state index is 11.7. The zero-order chi connectivity index (χ0) is 11.8. The van der Waals surface area contributed by atoms with E-state index in [2.05, 4.69) is 5.32 Å². The van der Waals surface area contributed by atoms with Gasteiger partial charge in [-0.2, -0.15) is 0 Å². The maximum absolute atomic E-state index is 11.7. The molecule has 0 aliphatic rings. The predicted molar refractivity (Wildman–Crippen MR) is 69.5 cm³/mol. The largest absolute Gasteiger partial charge is 0.342 e. The normalized spacial score (nSPS) is 10.9. The van der Waals surface area contributed by atoms with Gasteiger partial charge in [-0.25, -0.2) is 0 Å². The number of nitrogens with one attached hydrogen (secondary N) is 1. The molecule has 16 heavy (non-hydrogen) atoms. The number of rotatable bonds is 6. The van der Waals surface area contributed by atoms with Crippen LogP contribution in [0.5, 0.6) is 0 Å². The molecule has 0 atom stereocenters. The molecular formula is C12H18N2OS. The second-order valence-corrected chi connectivity index (χ2v) is 4.54. The van der Waals surface area contributed by atoms with Crippen molar-refractivity contribution in [3.05, 3.63) is 28.5 Å². The molecule has 1 heterocycles. The van der Waals surface area contributed by atoms with Gasteiger partial charge in [-0.3, -0.25) is 4.79 Å². The lowest BCUT2D eigenvalue weighted by atomic mass is 10.3. The zero-order valence-corrected chi connectivity index (χ0v) is 10.6. The minimum atomic E-state index is 0.0597. The van der Waals surface area contributed by atoms with Gasteiger partial charge in [0.2, 0.25) is 5.91 Å². The molecule has 1 N–H and O–H groups in total. The standard InChI is InChI=1S/C12H18N2OS/c1-13-8-4-9-14(2)12(15)7-6-11-5-3-10-16-11/h3,5-7,10,13H,4,8-9H2,1-2H3. The number of nitrogens with zero attached hydrogens (tertiary/aromatic N) is 1. The fourth-order valence-corrected chi connectivity index (χ4v) is 1.89. The summed E-state index contributed by atoms with van der Waals surface area (Å²) in [6.07, 6.45) is 4.47. The highest BCUT2D eigenvalue weighted by atomic mass is 32.1. The molecule has 0 aliphatic heterocycles. The van der Waals surface area contributed by atoms with Crippen LogP contribution in [0.15, 0.2) is 23.6 Å². The minimum absolute atomic E-state index is 0.0597. The maximum Gasteiger partial charge on any atom is 0.246 e. The third-order valence-corrected chi connectivity index (χ3v) is 3.07. The van der Waals surface area contributed by atoms with Crippen molar-refractivity contribution in [3.8, 4) is 0 Å². The molecule has 4 heteroatoms. The van der Waals surface area contributed by atoms with Gasteiger partial charge in [-0.05, 0) is 37.5 Å². The van der Waals surface area contributed by atoms with Crippen LogP contribution in [0.25, 0.3) is 6.08 Å². The van der Waals surface area contributed by atoms with Crippen molar-refractivity contribution >= 4 is 23.3 Å². The van der Waals surface area contributed by atoms with Crippen molar-refractivity contribution in [3.63, 3.8) is 0 Å². The highest BCUT2D eigenvalue weighted by molar-refractivity contribution is 7.10. The van der Waals surface area contributed by atoms with E-state index >= 15 is 0 Å². The van der Waals surface area contributed by atoms with Crippen LogP contribution in [0.1, 0.15) is 11.3 Å². The van der Waals surface area contributed by atoms with Crippen molar-refractivity contribution in [2.24, 2.45) is 0 Å². The third-order valence-electron chi connectivity index (χ3n) is 2.23. The lowest BCUT2D eigenvalue weighted by Gasteiger charge is -2.14. The van der Waals surface area contributed by atoms with Crippen molar-refractivity contribution in [2.45, 2.75) is 6.42 Å². The van der Waals surface area contributed by atoms with E-state index in [0.717, 1.165) is 24.4 Å². The average molecular weight is 238 g/mol. The first-order valence-electron chi connectivity index (χ1n) is 5.35. The average Bonchev–Trinajstić information content (AvgIpc) is 2.79. The van der Waals surface area contributed by atoms with E-state index in [0.29, 0.717) is 0 Å². The molecule has 0 aromatic carbocycles. The molecule has 0 fully saturated rings. The number of likely N-dealkylation sites (N-methyl/N-ethyl adjacent to an activating group) is 1. The quantitative estimate of drug-likeness (QED) is 0.606. The van der Waals surface area contributed by atoms with Crippen molar-refractivity contribution < 1.29 is 4.79 Å². The Labute approximate surface area is 101 Å². The van der Waals surface area contributed by atoms with E-state index in [4.69, 9.17) is 0 Å². The summed E-state index contributed by atoms with van der Waals surface area (Å²) in [5.41, 5.74) is 0. The minimum Gasteiger partial charge on any atom is -0.342 e. The fraction of sp³-hybridized carbons (Fsp3) is 0.417. The van der Waals surface area contributed by atoms with Gasteiger partial charge in [0.05, 0.1) is 0 Å². The summed E-state index contributed by atoms with van der Waals surface area (Å²) in [6, 6.07) is 3.97. The van der Waals surface area contributed by atoms with Gasteiger partial charge in [0.25, 0.3) is 0 Å². The summed E-state index contributed by atoms with van der Waals surface area (Å²) in [4.78, 5) is 14.5. The summed E-state index contributed by atoms with van der Waals surface area (Å²) in [7, 11) is 3.75. The second-order valence-electron chi connectivity index (χ2n) is 3.57. The summed E-state index contributed by atoms with van der Waals surface area (Å²) < 4.78 is 0. The molecule has 1 amide bonds. The topological polar surface area (TPSA) is 32.3 Å². The fourth-order valence-electron chi connectivity index (χ4n) is 1.27. The van der Waals surface area contributed by atoms with Gasteiger partial charge < -0.3 is 10.2 Å². The third kappa shape index (κ3) is 4.59. The molecule has 1 aromatic rings. The Bertz CT molecular complexity index is 333. The Morgan fingerprint density at radius 3 is 3.06 bits per heavy atom. The molecule has 0 bridgehead atoms. The van der Waals surface area contributed by atoms with Crippen LogP contribution in [0.2, 0.25) is 0 Å². The predicted octanol–water partition coefficient (Wildman–Crippen LogP) is 1.83. The molecule has 0 saturated carbocycles. The molecule has 0 aliphatic carbocycles. The Hall–Kier alpha value is -1.13. The Morgan fingerprint density at radius 2 is 2.44 bits per heavy atom. The molecule has 1 aromatic heterocycles. The second kappa shape index (κ2) is 7.19. The van der Waals surface area contributed by atoms with Gasteiger partial charge in [0.15, 0.2) is 0 Å². The van der Waals surface area contributed by atoms with Crippen LogP contribution < -0.4 is 5.32 Å². The van der Waals surface area contributed by atoms with Gasteiger partial charge in [-0.1, -0.05) is 6.07 Å². The smallest absolute Gasteiger partial charge is 0.246 e. The summed E-state index contributed by atoms with van der Waals surface area (Å²) in [6.45, 7) is 1.72. The van der Waals surface area contributed by atoms with Crippen LogP contribution in [-0.2, 0) is 4.79 Å². The number of hydrogen-bond donors (Lipinski definition) is 1. The monoisotopic (exact) mass is 238 g/mol. The van der Waals surface area contributed by atoms with Gasteiger partial charge >= 0.3 is 0 Å². The van der Waals surface area contributed by atoms with Gasteiger partial charge in [0.1, 0.15) is 0 Å². The zero-order valence-electron chi connectivity index (χ0n) is 9.77. The van der Waals surface area contributed by atoms with Crippen LogP contribution in [0.3, 0.4) is 0 Å². The lowest BCUT2D eigenvalue weighted by Crippen LogP contribution is -2.27. The van der Waals surface area contributed by atoms with Crippen molar-refractivity contribution in [1.29, 1.82) is 0 Å². The molecule has 0 radical (unpaired) electrons. The van der Waals surface area contributed by atoms with Gasteiger partial charge in [-0.15, -0.1) is 11.3 Å². The molecule has 1 rings (SSSR count). The van der Waals surface area contributed by atoms with Crippen molar-refractivity contribution in [2.75, 3.05) is 27.2 Å². The molecular weight excluding hydrogens is 220 g/mol. The van der Waals surface area contributed by atoms with E-state index in [-0.39, 0.29) is 5.91 Å². The number of hydrogen-bond acceptors (Lipinski definition) is 3. The molecule has 0 saturated heterocycles. The van der Waals surface area contributed by atoms with E-state index < -0.39 is 0 Å². The van der Waals surface area contributed by atoms with E-state index in [9.17, 15) is 4.79 Å². The summed E-state index contributed by atoms with van der Waals surface area (Å²) >= 11 is 1.63. The first-order chi connectivity index (χ1) is 7.74. The number of carbonyl (C=O) groups excluding carboxylic acids is 1. The first kappa shape index (κ1) is 12.9. The number of carbonyl (C=O) groups is 1. The van der Waals surface area contributed by atoms with E-state index in [1.165, 1.54) is 0 Å². The summed E-state index contributed by atoms with van der Waals surface area (Å²) in [5.74, 6) is 0.0597. The first-order valence-corrected chi connectivity index (χ1v) is 6.23. The van der Waals surface area contributed by atoms with Crippen LogP contribution in [-0.4, -0.2) is 38.0 Å². The highest BCUT2D eigenvalue weighted by Gasteiger charge is 2.03. The summed E-state index contributed by atoms with van der Waals surface area (Å²) in [5, 5.41) is 5.06. The molecule has 0 unspecified atom stereocenters. The van der Waals surface area contributed by atoms with E-state index in [1.54, 1.807) is 22.3 Å². The Morgan fingerprint density at radius 1 is 1.62 bits per heavy atom. The lowest BCUT2D eigenvalue weighted by molar-refractivity contribution is -0.124. The van der Waals surface area contributed by atoms with Crippen molar-refractivity contribution in [1.82, 2.24) is 10.2 Å². The SMILES string of the molecule is CNCCCN(C)C(=O)C=Cc1cccs1. The Kier molecular flexibility index (Phi) is 5.82. The number of thiophene rings is 1. The molecule has 3 nitrogen and oxygen atoms in total. The van der Waals surface area contributed by atoms with E-state index in [1.807, 2.05) is 37.7 Å². The highest BCUT2D eigenvalue weighted by Crippen LogP contribution is 2.10. The number of amides is 1. The van der Waals surface area contributed by atoms with Gasteiger partial charge in [0, 0.05) is 24.5 Å².